The maximum atomic E-state index is 2.59. The SMILES string of the molecule is c1ccc2c(c1)-c1cc3cc4c5c(ccc6ccc(c1C21CCCCC1)c3c65)C1(CCCCC1)c1ccccc1-4. The van der Waals surface area contributed by atoms with Crippen LogP contribution >= 0.6 is 0 Å². The topological polar surface area (TPSA) is 0 Å². The van der Waals surface area contributed by atoms with Crippen molar-refractivity contribution in [2.24, 2.45) is 0 Å². The highest BCUT2D eigenvalue weighted by atomic mass is 14.5. The third-order valence-electron chi connectivity index (χ3n) is 11.8. The molecule has 10 rings (SSSR count). The second-order valence-corrected chi connectivity index (χ2v) is 13.4. The van der Waals surface area contributed by atoms with E-state index >= 15 is 0 Å². The van der Waals surface area contributed by atoms with Gasteiger partial charge in [0.25, 0.3) is 0 Å². The van der Waals surface area contributed by atoms with E-state index in [0.717, 1.165) is 0 Å². The molecule has 0 unspecified atom stereocenters. The van der Waals surface area contributed by atoms with Gasteiger partial charge < -0.3 is 0 Å². The van der Waals surface area contributed by atoms with Gasteiger partial charge in [-0.25, -0.2) is 0 Å². The Morgan fingerprint density at radius 3 is 1.75 bits per heavy atom. The fraction of sp³-hybridized carbons (Fsp3) is 0.300. The van der Waals surface area contributed by atoms with Crippen molar-refractivity contribution < 1.29 is 0 Å². The molecule has 0 aromatic heterocycles. The first kappa shape index (κ1) is 22.1. The monoisotopic (exact) mass is 514 g/mol. The van der Waals surface area contributed by atoms with Crippen LogP contribution in [0.15, 0.2) is 84.9 Å². The minimum atomic E-state index is 0.160. The normalized spacial score (nSPS) is 19.9. The smallest absolute Gasteiger partial charge is 0.0221 e. The predicted octanol–water partition coefficient (Wildman–Crippen LogP) is 11.0. The highest BCUT2D eigenvalue weighted by molar-refractivity contribution is 6.29. The van der Waals surface area contributed by atoms with Crippen LogP contribution in [0.25, 0.3) is 54.6 Å². The van der Waals surface area contributed by atoms with Gasteiger partial charge in [-0.3, -0.25) is 0 Å². The molecule has 0 radical (unpaired) electrons. The van der Waals surface area contributed by atoms with E-state index in [-0.39, 0.29) is 10.8 Å². The van der Waals surface area contributed by atoms with Crippen molar-refractivity contribution in [3.05, 3.63) is 107 Å². The molecular weight excluding hydrogens is 480 g/mol. The number of fused-ring (bicyclic) bond motifs is 10. The Bertz CT molecular complexity index is 2010. The van der Waals surface area contributed by atoms with Crippen LogP contribution in [-0.2, 0) is 10.8 Å². The molecule has 2 spiro atoms. The van der Waals surface area contributed by atoms with E-state index in [2.05, 4.69) is 84.9 Å². The van der Waals surface area contributed by atoms with E-state index in [4.69, 9.17) is 0 Å². The first-order chi connectivity index (χ1) is 19.8. The van der Waals surface area contributed by atoms with Crippen molar-refractivity contribution in [2.75, 3.05) is 0 Å². The molecule has 0 N–H and O–H groups in total. The van der Waals surface area contributed by atoms with Crippen LogP contribution in [0.3, 0.4) is 0 Å². The third-order valence-corrected chi connectivity index (χ3v) is 11.8. The third kappa shape index (κ3) is 2.47. The second-order valence-electron chi connectivity index (χ2n) is 13.4. The molecule has 0 amide bonds. The number of rotatable bonds is 0. The molecule has 6 aromatic rings. The van der Waals surface area contributed by atoms with Gasteiger partial charge in [-0.15, -0.1) is 0 Å². The lowest BCUT2D eigenvalue weighted by molar-refractivity contribution is 0.348. The van der Waals surface area contributed by atoms with E-state index in [0.29, 0.717) is 0 Å². The second kappa shape index (κ2) is 7.55. The van der Waals surface area contributed by atoms with Crippen molar-refractivity contribution in [1.82, 2.24) is 0 Å². The maximum Gasteiger partial charge on any atom is 0.0221 e. The Labute approximate surface area is 236 Å². The van der Waals surface area contributed by atoms with Crippen LogP contribution in [-0.4, -0.2) is 0 Å². The zero-order valence-corrected chi connectivity index (χ0v) is 23.2. The Kier molecular flexibility index (Phi) is 4.17. The average Bonchev–Trinajstić information content (AvgIpc) is 3.28. The lowest BCUT2D eigenvalue weighted by Gasteiger charge is -2.44. The lowest BCUT2D eigenvalue weighted by Crippen LogP contribution is -2.33. The van der Waals surface area contributed by atoms with Gasteiger partial charge in [0.1, 0.15) is 0 Å². The molecule has 2 saturated carbocycles. The standard InChI is InChI=1S/C40H34/c1-7-19-39(20-8-1)32-13-5-3-11-27(32)30-23-26-24-31-28-12-4-6-14-33(28)40(21-9-2-10-22-40)38(31)29-17-15-25-16-18-34(39)37(30)36(25)35(26)29/h3-6,11-18,23-24H,1-2,7-10,19-22H2. The summed E-state index contributed by atoms with van der Waals surface area (Å²) in [6.07, 6.45) is 13.2. The van der Waals surface area contributed by atoms with E-state index in [1.54, 1.807) is 27.6 Å². The Morgan fingerprint density at radius 1 is 0.400 bits per heavy atom. The number of hydrogen-bond donors (Lipinski definition) is 0. The molecule has 0 saturated heterocycles. The summed E-state index contributed by atoms with van der Waals surface area (Å²) < 4.78 is 0. The zero-order valence-electron chi connectivity index (χ0n) is 23.2. The van der Waals surface area contributed by atoms with E-state index < -0.39 is 0 Å². The molecule has 194 valence electrons. The molecule has 4 aliphatic carbocycles. The van der Waals surface area contributed by atoms with Crippen LogP contribution in [0.5, 0.6) is 0 Å². The molecule has 0 heterocycles. The molecule has 0 bridgehead atoms. The van der Waals surface area contributed by atoms with Gasteiger partial charge in [0.15, 0.2) is 0 Å². The molecule has 4 aliphatic rings. The summed E-state index contributed by atoms with van der Waals surface area (Å²) in [7, 11) is 0. The molecule has 0 aliphatic heterocycles. The number of hydrogen-bond acceptors (Lipinski definition) is 0. The summed E-state index contributed by atoms with van der Waals surface area (Å²) in [5, 5.41) is 8.99. The van der Waals surface area contributed by atoms with E-state index in [1.807, 2.05) is 0 Å². The molecule has 2 fully saturated rings. The van der Waals surface area contributed by atoms with Gasteiger partial charge in [0, 0.05) is 10.8 Å². The number of benzene rings is 6. The summed E-state index contributed by atoms with van der Waals surface area (Å²) in [6.45, 7) is 0. The van der Waals surface area contributed by atoms with Crippen molar-refractivity contribution >= 4 is 32.3 Å². The highest BCUT2D eigenvalue weighted by Crippen LogP contribution is 2.61. The van der Waals surface area contributed by atoms with E-state index in [1.165, 1.54) is 113 Å². The predicted molar refractivity (Wildman–Crippen MR) is 169 cm³/mol. The Morgan fingerprint density at radius 2 is 1.00 bits per heavy atom. The lowest BCUT2D eigenvalue weighted by atomic mass is 9.59. The molecular formula is C40H34. The minimum absolute atomic E-state index is 0.160. The molecule has 0 nitrogen and oxygen atoms in total. The summed E-state index contributed by atoms with van der Waals surface area (Å²) >= 11 is 0. The highest BCUT2D eigenvalue weighted by Gasteiger charge is 2.46. The molecule has 0 atom stereocenters. The van der Waals surface area contributed by atoms with Gasteiger partial charge >= 0.3 is 0 Å². The first-order valence-corrected chi connectivity index (χ1v) is 15.8. The quantitative estimate of drug-likeness (QED) is 0.177. The summed E-state index contributed by atoms with van der Waals surface area (Å²) in [5.74, 6) is 0. The summed E-state index contributed by atoms with van der Waals surface area (Å²) in [5.41, 5.74) is 12.7. The van der Waals surface area contributed by atoms with Crippen LogP contribution in [0.2, 0.25) is 0 Å². The van der Waals surface area contributed by atoms with Crippen LogP contribution in [0.1, 0.15) is 86.5 Å². The average molecular weight is 515 g/mol. The van der Waals surface area contributed by atoms with Crippen LogP contribution in [0, 0.1) is 0 Å². The minimum Gasteiger partial charge on any atom is -0.0619 e. The molecule has 0 heteroatoms. The Hall–Kier alpha value is -3.64. The fourth-order valence-corrected chi connectivity index (χ4v) is 10.3. The fourth-order valence-electron chi connectivity index (χ4n) is 10.3. The van der Waals surface area contributed by atoms with Crippen molar-refractivity contribution in [3.8, 4) is 22.3 Å². The van der Waals surface area contributed by atoms with Crippen LogP contribution < -0.4 is 0 Å². The van der Waals surface area contributed by atoms with Crippen molar-refractivity contribution in [1.29, 1.82) is 0 Å². The van der Waals surface area contributed by atoms with Gasteiger partial charge in [-0.05, 0) is 115 Å². The molecule has 6 aromatic carbocycles. The van der Waals surface area contributed by atoms with E-state index in [9.17, 15) is 0 Å². The van der Waals surface area contributed by atoms with Crippen LogP contribution in [0.4, 0.5) is 0 Å². The Balaban J connectivity index is 1.40. The van der Waals surface area contributed by atoms with Crippen molar-refractivity contribution in [2.45, 2.75) is 75.0 Å². The zero-order chi connectivity index (χ0) is 26.1. The van der Waals surface area contributed by atoms with Gasteiger partial charge in [-0.1, -0.05) is 111 Å². The van der Waals surface area contributed by atoms with Gasteiger partial charge in [0.2, 0.25) is 0 Å². The van der Waals surface area contributed by atoms with Crippen molar-refractivity contribution in [3.63, 3.8) is 0 Å². The maximum absolute atomic E-state index is 2.59. The van der Waals surface area contributed by atoms with Gasteiger partial charge in [-0.2, -0.15) is 0 Å². The largest absolute Gasteiger partial charge is 0.0619 e. The summed E-state index contributed by atoms with van der Waals surface area (Å²) in [4.78, 5) is 0. The molecule has 40 heavy (non-hydrogen) atoms. The van der Waals surface area contributed by atoms with Gasteiger partial charge in [0.05, 0.1) is 0 Å². The first-order valence-electron chi connectivity index (χ1n) is 15.8. The summed E-state index contributed by atoms with van der Waals surface area (Å²) in [6, 6.07) is 33.9.